The highest BCUT2D eigenvalue weighted by Gasteiger charge is 2.28. The van der Waals surface area contributed by atoms with E-state index in [9.17, 15) is 9.59 Å². The van der Waals surface area contributed by atoms with Crippen molar-refractivity contribution in [2.24, 2.45) is 0 Å². The number of rotatable bonds is 7. The standard InChI is InChI=1S/C25H31ClN2O2/c1-18-11-13-20(14-12-18)16-24(29)28(17-21-7-6-8-22(26)15-21)19(2)25(30)27-23-9-4-3-5-10-23/h6-8,11-15,19,23H,3-5,9-10,16-17H2,1-2H3,(H,27,30). The van der Waals surface area contributed by atoms with Crippen LogP contribution in [-0.4, -0.2) is 28.8 Å². The van der Waals surface area contributed by atoms with Gasteiger partial charge in [0.2, 0.25) is 11.8 Å². The Hall–Kier alpha value is -2.33. The van der Waals surface area contributed by atoms with E-state index < -0.39 is 6.04 Å². The van der Waals surface area contributed by atoms with Gasteiger partial charge in [0.15, 0.2) is 0 Å². The predicted molar refractivity (Wildman–Crippen MR) is 121 cm³/mol. The van der Waals surface area contributed by atoms with Gasteiger partial charge in [-0.2, -0.15) is 0 Å². The minimum Gasteiger partial charge on any atom is -0.352 e. The van der Waals surface area contributed by atoms with E-state index in [4.69, 9.17) is 11.6 Å². The van der Waals surface area contributed by atoms with Crippen LogP contribution in [0.1, 0.15) is 55.7 Å². The summed E-state index contributed by atoms with van der Waals surface area (Å²) in [7, 11) is 0. The molecule has 0 aliphatic heterocycles. The van der Waals surface area contributed by atoms with Crippen molar-refractivity contribution >= 4 is 23.4 Å². The Labute approximate surface area is 184 Å². The number of nitrogens with one attached hydrogen (secondary N) is 1. The lowest BCUT2D eigenvalue weighted by atomic mass is 9.95. The molecule has 1 fully saturated rings. The third-order valence-corrected chi connectivity index (χ3v) is 6.07. The molecule has 2 amide bonds. The Morgan fingerprint density at radius 1 is 1.07 bits per heavy atom. The molecule has 30 heavy (non-hydrogen) atoms. The second kappa shape index (κ2) is 10.6. The number of halogens is 1. The van der Waals surface area contributed by atoms with Gasteiger partial charge in [0.05, 0.1) is 6.42 Å². The van der Waals surface area contributed by atoms with Gasteiger partial charge in [0.25, 0.3) is 0 Å². The van der Waals surface area contributed by atoms with E-state index in [0.717, 1.165) is 42.4 Å². The number of amides is 2. The van der Waals surface area contributed by atoms with Crippen LogP contribution in [0.3, 0.4) is 0 Å². The van der Waals surface area contributed by atoms with Crippen molar-refractivity contribution in [3.05, 3.63) is 70.2 Å². The van der Waals surface area contributed by atoms with E-state index in [2.05, 4.69) is 5.32 Å². The molecule has 1 saturated carbocycles. The van der Waals surface area contributed by atoms with Gasteiger partial charge in [-0.25, -0.2) is 0 Å². The minimum atomic E-state index is -0.552. The molecular weight excluding hydrogens is 396 g/mol. The van der Waals surface area contributed by atoms with Gasteiger partial charge >= 0.3 is 0 Å². The summed E-state index contributed by atoms with van der Waals surface area (Å²) in [6.07, 6.45) is 5.84. The molecule has 1 N–H and O–H groups in total. The molecule has 3 rings (SSSR count). The van der Waals surface area contributed by atoms with Crippen LogP contribution in [0, 0.1) is 6.92 Å². The van der Waals surface area contributed by atoms with Crippen molar-refractivity contribution in [1.29, 1.82) is 0 Å². The first-order valence-electron chi connectivity index (χ1n) is 10.8. The Morgan fingerprint density at radius 3 is 2.43 bits per heavy atom. The highest BCUT2D eigenvalue weighted by Crippen LogP contribution is 2.19. The average molecular weight is 427 g/mol. The van der Waals surface area contributed by atoms with Gasteiger partial charge in [-0.05, 0) is 49.9 Å². The summed E-state index contributed by atoms with van der Waals surface area (Å²) in [4.78, 5) is 27.9. The van der Waals surface area contributed by atoms with Gasteiger partial charge in [0.1, 0.15) is 6.04 Å². The topological polar surface area (TPSA) is 49.4 Å². The molecule has 0 radical (unpaired) electrons. The summed E-state index contributed by atoms with van der Waals surface area (Å²) in [5.74, 6) is -0.147. The highest BCUT2D eigenvalue weighted by atomic mass is 35.5. The Morgan fingerprint density at radius 2 is 1.77 bits per heavy atom. The smallest absolute Gasteiger partial charge is 0.242 e. The van der Waals surface area contributed by atoms with E-state index in [-0.39, 0.29) is 24.3 Å². The quantitative estimate of drug-likeness (QED) is 0.672. The zero-order chi connectivity index (χ0) is 21.5. The second-order valence-corrected chi connectivity index (χ2v) is 8.77. The minimum absolute atomic E-state index is 0.0647. The summed E-state index contributed by atoms with van der Waals surface area (Å²) >= 11 is 6.14. The first kappa shape index (κ1) is 22.4. The van der Waals surface area contributed by atoms with Gasteiger partial charge in [-0.1, -0.05) is 72.8 Å². The largest absolute Gasteiger partial charge is 0.352 e. The zero-order valence-electron chi connectivity index (χ0n) is 17.9. The maximum atomic E-state index is 13.2. The molecule has 1 unspecified atom stereocenters. The number of carbonyl (C=O) groups excluding carboxylic acids is 2. The number of benzene rings is 2. The lowest BCUT2D eigenvalue weighted by Crippen LogP contribution is -2.50. The Balaban J connectivity index is 1.75. The fraction of sp³-hybridized carbons (Fsp3) is 0.440. The van der Waals surface area contributed by atoms with Crippen LogP contribution in [0.5, 0.6) is 0 Å². The highest BCUT2D eigenvalue weighted by molar-refractivity contribution is 6.30. The molecule has 0 saturated heterocycles. The number of hydrogen-bond donors (Lipinski definition) is 1. The molecular formula is C25H31ClN2O2. The molecule has 0 spiro atoms. The first-order chi connectivity index (χ1) is 14.4. The maximum Gasteiger partial charge on any atom is 0.242 e. The fourth-order valence-corrected chi connectivity index (χ4v) is 4.18. The first-order valence-corrected chi connectivity index (χ1v) is 11.2. The van der Waals surface area contributed by atoms with Crippen LogP contribution in [0.25, 0.3) is 0 Å². The Bertz CT molecular complexity index is 860. The summed E-state index contributed by atoms with van der Waals surface area (Å²) in [6, 6.07) is 15.1. The summed E-state index contributed by atoms with van der Waals surface area (Å²) in [5, 5.41) is 3.79. The summed E-state index contributed by atoms with van der Waals surface area (Å²) in [6.45, 7) is 4.19. The molecule has 1 aliphatic rings. The molecule has 160 valence electrons. The number of hydrogen-bond acceptors (Lipinski definition) is 2. The average Bonchev–Trinajstić information content (AvgIpc) is 2.74. The van der Waals surface area contributed by atoms with E-state index in [0.29, 0.717) is 11.6 Å². The SMILES string of the molecule is Cc1ccc(CC(=O)N(Cc2cccc(Cl)c2)C(C)C(=O)NC2CCCCC2)cc1. The third-order valence-electron chi connectivity index (χ3n) is 5.84. The van der Waals surface area contributed by atoms with Crippen LogP contribution >= 0.6 is 11.6 Å². The second-order valence-electron chi connectivity index (χ2n) is 8.33. The van der Waals surface area contributed by atoms with Crippen LogP contribution in [0.4, 0.5) is 0 Å². The van der Waals surface area contributed by atoms with Crippen molar-refractivity contribution in [3.63, 3.8) is 0 Å². The Kier molecular flexibility index (Phi) is 7.92. The number of carbonyl (C=O) groups is 2. The van der Waals surface area contributed by atoms with Crippen LogP contribution in [-0.2, 0) is 22.6 Å². The number of nitrogens with zero attached hydrogens (tertiary/aromatic N) is 1. The lowest BCUT2D eigenvalue weighted by Gasteiger charge is -2.31. The molecule has 0 bridgehead atoms. The lowest BCUT2D eigenvalue weighted by molar-refractivity contribution is -0.140. The summed E-state index contributed by atoms with van der Waals surface area (Å²) < 4.78 is 0. The van der Waals surface area contributed by atoms with E-state index in [1.165, 1.54) is 6.42 Å². The molecule has 4 nitrogen and oxygen atoms in total. The van der Waals surface area contributed by atoms with Crippen LogP contribution in [0.15, 0.2) is 48.5 Å². The van der Waals surface area contributed by atoms with E-state index in [1.54, 1.807) is 4.90 Å². The van der Waals surface area contributed by atoms with Crippen molar-refractivity contribution in [2.45, 2.75) is 71.0 Å². The van der Waals surface area contributed by atoms with Gasteiger partial charge in [0, 0.05) is 17.6 Å². The van der Waals surface area contributed by atoms with Gasteiger partial charge in [-0.3, -0.25) is 9.59 Å². The molecule has 5 heteroatoms. The van der Waals surface area contributed by atoms with E-state index in [1.807, 2.05) is 62.4 Å². The zero-order valence-corrected chi connectivity index (χ0v) is 18.6. The van der Waals surface area contributed by atoms with Gasteiger partial charge < -0.3 is 10.2 Å². The van der Waals surface area contributed by atoms with Crippen molar-refractivity contribution in [3.8, 4) is 0 Å². The summed E-state index contributed by atoms with van der Waals surface area (Å²) in [5.41, 5.74) is 3.01. The predicted octanol–water partition coefficient (Wildman–Crippen LogP) is 5.06. The van der Waals surface area contributed by atoms with Crippen molar-refractivity contribution in [2.75, 3.05) is 0 Å². The van der Waals surface area contributed by atoms with Crippen molar-refractivity contribution < 1.29 is 9.59 Å². The maximum absolute atomic E-state index is 13.2. The van der Waals surface area contributed by atoms with E-state index >= 15 is 0 Å². The number of aryl methyl sites for hydroxylation is 1. The fourth-order valence-electron chi connectivity index (χ4n) is 3.97. The van der Waals surface area contributed by atoms with Gasteiger partial charge in [-0.15, -0.1) is 0 Å². The molecule has 0 aromatic heterocycles. The van der Waals surface area contributed by atoms with Crippen LogP contribution in [0.2, 0.25) is 5.02 Å². The molecule has 1 atom stereocenters. The third kappa shape index (κ3) is 6.33. The molecule has 0 heterocycles. The molecule has 1 aliphatic carbocycles. The normalized spacial score (nSPS) is 15.4. The molecule has 2 aromatic rings. The van der Waals surface area contributed by atoms with Crippen LogP contribution < -0.4 is 5.32 Å². The van der Waals surface area contributed by atoms with Crippen molar-refractivity contribution in [1.82, 2.24) is 10.2 Å². The monoisotopic (exact) mass is 426 g/mol. The molecule has 2 aromatic carbocycles.